The summed E-state index contributed by atoms with van der Waals surface area (Å²) in [6.07, 6.45) is 0.774. The van der Waals surface area contributed by atoms with Crippen molar-refractivity contribution in [3.8, 4) is 0 Å². The van der Waals surface area contributed by atoms with Gasteiger partial charge in [-0.05, 0) is 24.3 Å². The number of nitro groups is 1. The molecule has 0 aliphatic carbocycles. The smallest absolute Gasteiger partial charge is 0.273 e. The minimum absolute atomic E-state index is 0.0615. The molecule has 0 aliphatic rings. The van der Waals surface area contributed by atoms with Gasteiger partial charge in [-0.15, -0.1) is 11.8 Å². The molecule has 4 nitrogen and oxygen atoms in total. The Balaban J connectivity index is 2.15. The molecule has 2 aromatic carbocycles. The van der Waals surface area contributed by atoms with E-state index >= 15 is 0 Å². The van der Waals surface area contributed by atoms with Gasteiger partial charge in [-0.25, -0.2) is 0 Å². The van der Waals surface area contributed by atoms with Crippen molar-refractivity contribution in [2.24, 2.45) is 0 Å². The number of aldehydes is 1. The number of nitrogens with zero attached hydrogens (tertiary/aromatic N) is 1. The maximum absolute atomic E-state index is 10.9. The lowest BCUT2D eigenvalue weighted by Crippen LogP contribution is -1.94. The van der Waals surface area contributed by atoms with Gasteiger partial charge < -0.3 is 0 Å². The van der Waals surface area contributed by atoms with E-state index in [0.29, 0.717) is 21.9 Å². The lowest BCUT2D eigenvalue weighted by Gasteiger charge is -2.04. The molecule has 0 fully saturated rings. The highest BCUT2D eigenvalue weighted by Crippen LogP contribution is 2.30. The summed E-state index contributed by atoms with van der Waals surface area (Å²) in [7, 11) is 0. The highest BCUT2D eigenvalue weighted by molar-refractivity contribution is 7.98. The number of thioether (sulfide) groups is 1. The number of benzene rings is 2. The Morgan fingerprint density at radius 3 is 2.50 bits per heavy atom. The first kappa shape index (κ1) is 14.6. The number of rotatable bonds is 5. The van der Waals surface area contributed by atoms with E-state index in [2.05, 4.69) is 0 Å². The van der Waals surface area contributed by atoms with Crippen LogP contribution in [0.25, 0.3) is 0 Å². The van der Waals surface area contributed by atoms with Gasteiger partial charge >= 0.3 is 0 Å². The van der Waals surface area contributed by atoms with Gasteiger partial charge in [0.1, 0.15) is 6.29 Å². The van der Waals surface area contributed by atoms with Crippen molar-refractivity contribution in [3.05, 3.63) is 68.7 Å². The average molecular weight is 308 g/mol. The molecule has 0 spiro atoms. The molecule has 0 aromatic heterocycles. The molecule has 0 aliphatic heterocycles. The van der Waals surface area contributed by atoms with Crippen LogP contribution in [-0.2, 0) is 5.75 Å². The Kier molecular flexibility index (Phi) is 4.76. The van der Waals surface area contributed by atoms with E-state index in [-0.39, 0.29) is 5.69 Å². The standard InChI is InChI=1S/C14H10ClNO3S/c15-12-3-6-14(16(18)19)11(7-12)9-20-13-4-1-10(8-17)2-5-13/h1-8H,9H2. The van der Waals surface area contributed by atoms with Gasteiger partial charge in [0, 0.05) is 32.9 Å². The summed E-state index contributed by atoms with van der Waals surface area (Å²) in [6.45, 7) is 0. The molecular formula is C14H10ClNO3S. The summed E-state index contributed by atoms with van der Waals surface area (Å²) in [6, 6.07) is 11.6. The fraction of sp³-hybridized carbons (Fsp3) is 0.0714. The van der Waals surface area contributed by atoms with Gasteiger partial charge in [0.15, 0.2) is 0 Å². The van der Waals surface area contributed by atoms with E-state index in [9.17, 15) is 14.9 Å². The fourth-order valence-electron chi connectivity index (χ4n) is 1.65. The number of carbonyl (C=O) groups is 1. The summed E-state index contributed by atoms with van der Waals surface area (Å²) in [5, 5.41) is 11.4. The minimum atomic E-state index is -0.415. The Morgan fingerprint density at radius 1 is 1.20 bits per heavy atom. The zero-order valence-corrected chi connectivity index (χ0v) is 11.9. The van der Waals surface area contributed by atoms with Crippen LogP contribution in [0.1, 0.15) is 15.9 Å². The number of halogens is 1. The van der Waals surface area contributed by atoms with Crippen molar-refractivity contribution in [3.63, 3.8) is 0 Å². The third-order valence-corrected chi connectivity index (χ3v) is 3.94. The van der Waals surface area contributed by atoms with E-state index in [1.165, 1.54) is 23.9 Å². The largest absolute Gasteiger partial charge is 0.298 e. The molecule has 0 heterocycles. The molecule has 0 bridgehead atoms. The number of carbonyl (C=O) groups excluding carboxylic acids is 1. The summed E-state index contributed by atoms with van der Waals surface area (Å²) in [5.41, 5.74) is 1.24. The number of hydrogen-bond acceptors (Lipinski definition) is 4. The van der Waals surface area contributed by atoms with E-state index in [1.807, 2.05) is 12.1 Å². The monoisotopic (exact) mass is 307 g/mol. The normalized spacial score (nSPS) is 10.2. The van der Waals surface area contributed by atoms with Gasteiger partial charge in [0.05, 0.1) is 4.92 Å². The van der Waals surface area contributed by atoms with Crippen LogP contribution in [0.3, 0.4) is 0 Å². The third-order valence-electron chi connectivity index (χ3n) is 2.65. The second-order valence-corrected chi connectivity index (χ2v) is 5.49. The van der Waals surface area contributed by atoms with Gasteiger partial charge in [0.25, 0.3) is 5.69 Å². The first-order valence-electron chi connectivity index (χ1n) is 5.71. The molecule has 0 unspecified atom stereocenters. The van der Waals surface area contributed by atoms with Crippen LogP contribution in [0.15, 0.2) is 47.4 Å². The zero-order chi connectivity index (χ0) is 14.5. The molecule has 2 aromatic rings. The van der Waals surface area contributed by atoms with E-state index in [4.69, 9.17) is 11.6 Å². The quantitative estimate of drug-likeness (QED) is 0.356. The van der Waals surface area contributed by atoms with Crippen LogP contribution < -0.4 is 0 Å². The maximum Gasteiger partial charge on any atom is 0.273 e. The first-order chi connectivity index (χ1) is 9.60. The van der Waals surface area contributed by atoms with E-state index in [0.717, 1.165) is 11.2 Å². The molecule has 102 valence electrons. The lowest BCUT2D eigenvalue weighted by atomic mass is 10.2. The molecule has 2 rings (SSSR count). The fourth-order valence-corrected chi connectivity index (χ4v) is 2.73. The van der Waals surface area contributed by atoms with Crippen molar-refractivity contribution in [1.29, 1.82) is 0 Å². The lowest BCUT2D eigenvalue weighted by molar-refractivity contribution is -0.385. The highest BCUT2D eigenvalue weighted by atomic mass is 35.5. The van der Waals surface area contributed by atoms with Crippen molar-refractivity contribution in [2.75, 3.05) is 0 Å². The molecule has 0 saturated carbocycles. The molecule has 0 atom stereocenters. The minimum Gasteiger partial charge on any atom is -0.298 e. The summed E-state index contributed by atoms with van der Waals surface area (Å²) in [5.74, 6) is 0.442. The molecule has 20 heavy (non-hydrogen) atoms. The second-order valence-electron chi connectivity index (χ2n) is 4.01. The van der Waals surface area contributed by atoms with Gasteiger partial charge in [-0.2, -0.15) is 0 Å². The van der Waals surface area contributed by atoms with Crippen molar-refractivity contribution >= 4 is 35.3 Å². The van der Waals surface area contributed by atoms with Crippen LogP contribution in [0.4, 0.5) is 5.69 Å². The number of hydrogen-bond donors (Lipinski definition) is 0. The van der Waals surface area contributed by atoms with Crippen LogP contribution in [0, 0.1) is 10.1 Å². The van der Waals surface area contributed by atoms with Crippen molar-refractivity contribution in [2.45, 2.75) is 10.6 Å². The van der Waals surface area contributed by atoms with Crippen LogP contribution in [0.5, 0.6) is 0 Å². The highest BCUT2D eigenvalue weighted by Gasteiger charge is 2.13. The predicted octanol–water partition coefficient (Wildman–Crippen LogP) is 4.35. The molecule has 6 heteroatoms. The molecule has 0 radical (unpaired) electrons. The molecule has 0 amide bonds. The molecule has 0 saturated heterocycles. The predicted molar refractivity (Wildman–Crippen MR) is 79.5 cm³/mol. The van der Waals surface area contributed by atoms with E-state index in [1.54, 1.807) is 18.2 Å². The molecular weight excluding hydrogens is 298 g/mol. The Labute approximate surface area is 124 Å². The van der Waals surface area contributed by atoms with Gasteiger partial charge in [0.2, 0.25) is 0 Å². The summed E-state index contributed by atoms with van der Waals surface area (Å²) in [4.78, 5) is 22.0. The molecule has 0 N–H and O–H groups in total. The van der Waals surface area contributed by atoms with Crippen LogP contribution in [-0.4, -0.2) is 11.2 Å². The average Bonchev–Trinajstić information content (AvgIpc) is 2.45. The zero-order valence-electron chi connectivity index (χ0n) is 10.3. The Hall–Kier alpha value is -1.85. The Bertz CT molecular complexity index is 643. The maximum atomic E-state index is 10.9. The van der Waals surface area contributed by atoms with Crippen molar-refractivity contribution < 1.29 is 9.72 Å². The number of nitro benzene ring substituents is 1. The summed E-state index contributed by atoms with van der Waals surface area (Å²) >= 11 is 7.33. The van der Waals surface area contributed by atoms with Crippen molar-refractivity contribution in [1.82, 2.24) is 0 Å². The Morgan fingerprint density at radius 2 is 1.90 bits per heavy atom. The van der Waals surface area contributed by atoms with E-state index < -0.39 is 4.92 Å². The van der Waals surface area contributed by atoms with Crippen LogP contribution in [0.2, 0.25) is 5.02 Å². The SMILES string of the molecule is O=Cc1ccc(SCc2cc(Cl)ccc2[N+](=O)[O-])cc1. The topological polar surface area (TPSA) is 60.2 Å². The van der Waals surface area contributed by atoms with Gasteiger partial charge in [-0.3, -0.25) is 14.9 Å². The third kappa shape index (κ3) is 3.59. The first-order valence-corrected chi connectivity index (χ1v) is 7.07. The van der Waals surface area contributed by atoms with Gasteiger partial charge in [-0.1, -0.05) is 23.7 Å². The summed E-state index contributed by atoms with van der Waals surface area (Å²) < 4.78 is 0. The second kappa shape index (κ2) is 6.54. The van der Waals surface area contributed by atoms with Crippen LogP contribution >= 0.6 is 23.4 Å².